The molecule has 2 aromatic rings. The van der Waals surface area contributed by atoms with E-state index in [1.165, 1.54) is 31.5 Å². The number of nitrogens with two attached hydrogens (primary N) is 1. The minimum absolute atomic E-state index is 0.00151. The van der Waals surface area contributed by atoms with Crippen molar-refractivity contribution in [2.24, 2.45) is 5.73 Å². The number of primary amides is 1. The van der Waals surface area contributed by atoms with Crippen LogP contribution in [0.2, 0.25) is 0 Å². The summed E-state index contributed by atoms with van der Waals surface area (Å²) in [4.78, 5) is 17.9. The van der Waals surface area contributed by atoms with E-state index in [2.05, 4.69) is 14.7 Å². The molecule has 0 fully saturated rings. The van der Waals surface area contributed by atoms with Crippen LogP contribution in [0.15, 0.2) is 35.5 Å². The van der Waals surface area contributed by atoms with E-state index in [1.807, 2.05) is 0 Å². The molecule has 112 valence electrons. The molecule has 9 heteroatoms. The van der Waals surface area contributed by atoms with Gasteiger partial charge in [-0.15, -0.1) is 0 Å². The second kappa shape index (κ2) is 5.94. The number of carbonyl (C=O) groups is 1. The lowest BCUT2D eigenvalue weighted by molar-refractivity contribution is 0.0997. The van der Waals surface area contributed by atoms with E-state index in [-0.39, 0.29) is 22.8 Å². The predicted molar refractivity (Wildman–Crippen MR) is 74.1 cm³/mol. The van der Waals surface area contributed by atoms with Crippen molar-refractivity contribution in [3.8, 4) is 5.75 Å². The number of methoxy groups -OCH3 is 1. The maximum atomic E-state index is 12.2. The third-order valence-corrected chi connectivity index (χ3v) is 4.13. The Morgan fingerprint density at radius 1 is 1.48 bits per heavy atom. The number of aromatic amines is 1. The Morgan fingerprint density at radius 3 is 2.81 bits per heavy atom. The molecule has 1 aromatic heterocycles. The number of amides is 1. The Labute approximate surface area is 121 Å². The van der Waals surface area contributed by atoms with Gasteiger partial charge in [0.05, 0.1) is 24.1 Å². The van der Waals surface area contributed by atoms with E-state index in [0.717, 1.165) is 0 Å². The molecule has 21 heavy (non-hydrogen) atoms. The molecule has 1 amide bonds. The SMILES string of the molecule is COc1ccc(S(=O)(=O)NCc2ncc[nH]2)cc1C(N)=O. The highest BCUT2D eigenvalue weighted by Crippen LogP contribution is 2.22. The minimum Gasteiger partial charge on any atom is -0.496 e. The van der Waals surface area contributed by atoms with Crippen LogP contribution in [-0.4, -0.2) is 31.4 Å². The van der Waals surface area contributed by atoms with Crippen LogP contribution in [0.4, 0.5) is 0 Å². The number of hydrogen-bond acceptors (Lipinski definition) is 5. The van der Waals surface area contributed by atoms with E-state index < -0.39 is 15.9 Å². The lowest BCUT2D eigenvalue weighted by Crippen LogP contribution is -2.24. The molecule has 0 saturated carbocycles. The lowest BCUT2D eigenvalue weighted by atomic mass is 10.2. The number of H-pyrrole nitrogens is 1. The Balaban J connectivity index is 2.27. The molecule has 0 unspecified atom stereocenters. The van der Waals surface area contributed by atoms with Gasteiger partial charge in [0.2, 0.25) is 10.0 Å². The molecule has 0 spiro atoms. The molecular formula is C12H14N4O4S. The van der Waals surface area contributed by atoms with Gasteiger partial charge in [0.25, 0.3) is 5.91 Å². The normalized spacial score (nSPS) is 11.3. The first-order valence-corrected chi connectivity index (χ1v) is 7.38. The van der Waals surface area contributed by atoms with Gasteiger partial charge in [-0.3, -0.25) is 4.79 Å². The molecule has 0 aliphatic rings. The quantitative estimate of drug-likeness (QED) is 0.692. The molecule has 0 bridgehead atoms. The Kier molecular flexibility index (Phi) is 4.24. The van der Waals surface area contributed by atoms with Crippen molar-refractivity contribution in [2.45, 2.75) is 11.4 Å². The van der Waals surface area contributed by atoms with Gasteiger partial charge in [-0.25, -0.2) is 18.1 Å². The van der Waals surface area contributed by atoms with Crippen LogP contribution in [0.25, 0.3) is 0 Å². The third-order valence-electron chi connectivity index (χ3n) is 2.73. The number of benzene rings is 1. The molecule has 4 N–H and O–H groups in total. The second-order valence-electron chi connectivity index (χ2n) is 4.09. The standard InChI is InChI=1S/C12H14N4O4S/c1-20-10-3-2-8(6-9(10)12(13)17)21(18,19)16-7-11-14-4-5-15-11/h2-6,16H,7H2,1H3,(H2,13,17)(H,14,15). The molecule has 0 atom stereocenters. The summed E-state index contributed by atoms with van der Waals surface area (Å²) in [5, 5.41) is 0. The van der Waals surface area contributed by atoms with Crippen LogP contribution in [0.5, 0.6) is 5.75 Å². The lowest BCUT2D eigenvalue weighted by Gasteiger charge is -2.09. The molecule has 0 aliphatic heterocycles. The van der Waals surface area contributed by atoms with Crippen LogP contribution in [0.1, 0.15) is 16.2 Å². The third kappa shape index (κ3) is 3.38. The number of nitrogens with one attached hydrogen (secondary N) is 2. The predicted octanol–water partition coefficient (Wildman–Crippen LogP) is -0.00430. The number of nitrogens with zero attached hydrogens (tertiary/aromatic N) is 1. The van der Waals surface area contributed by atoms with Gasteiger partial charge in [0.1, 0.15) is 11.6 Å². The summed E-state index contributed by atoms with van der Waals surface area (Å²) >= 11 is 0. The fourth-order valence-electron chi connectivity index (χ4n) is 1.69. The van der Waals surface area contributed by atoms with Crippen molar-refractivity contribution in [2.75, 3.05) is 7.11 Å². The van der Waals surface area contributed by atoms with Crippen molar-refractivity contribution in [3.63, 3.8) is 0 Å². The van der Waals surface area contributed by atoms with Crippen molar-refractivity contribution in [1.29, 1.82) is 0 Å². The number of ether oxygens (including phenoxy) is 1. The Morgan fingerprint density at radius 2 is 2.24 bits per heavy atom. The van der Waals surface area contributed by atoms with Crippen LogP contribution in [0.3, 0.4) is 0 Å². The van der Waals surface area contributed by atoms with E-state index >= 15 is 0 Å². The average Bonchev–Trinajstić information content (AvgIpc) is 2.97. The smallest absolute Gasteiger partial charge is 0.252 e. The monoisotopic (exact) mass is 310 g/mol. The molecule has 0 radical (unpaired) electrons. The molecule has 2 rings (SSSR count). The fraction of sp³-hybridized carbons (Fsp3) is 0.167. The summed E-state index contributed by atoms with van der Waals surface area (Å²) in [6.45, 7) is 0.00721. The summed E-state index contributed by atoms with van der Waals surface area (Å²) in [5.74, 6) is -0.0790. The summed E-state index contributed by atoms with van der Waals surface area (Å²) in [7, 11) is -2.42. The van der Waals surface area contributed by atoms with Crippen LogP contribution >= 0.6 is 0 Å². The molecule has 0 saturated heterocycles. The van der Waals surface area contributed by atoms with Crippen molar-refractivity contribution < 1.29 is 17.9 Å². The number of hydrogen-bond donors (Lipinski definition) is 3. The first-order chi connectivity index (χ1) is 9.94. The van der Waals surface area contributed by atoms with Crippen LogP contribution in [0, 0.1) is 0 Å². The van der Waals surface area contributed by atoms with Crippen LogP contribution in [-0.2, 0) is 16.6 Å². The maximum absolute atomic E-state index is 12.2. The highest BCUT2D eigenvalue weighted by atomic mass is 32.2. The van der Waals surface area contributed by atoms with Crippen LogP contribution < -0.4 is 15.2 Å². The first kappa shape index (κ1) is 15.0. The Hall–Kier alpha value is -2.39. The fourth-order valence-corrected chi connectivity index (χ4v) is 2.70. The largest absolute Gasteiger partial charge is 0.496 e. The average molecular weight is 310 g/mol. The summed E-state index contributed by atoms with van der Waals surface area (Å²) in [5.41, 5.74) is 5.20. The van der Waals surface area contributed by atoms with Gasteiger partial charge in [-0.1, -0.05) is 0 Å². The highest BCUT2D eigenvalue weighted by molar-refractivity contribution is 7.89. The zero-order chi connectivity index (χ0) is 15.5. The van der Waals surface area contributed by atoms with E-state index in [9.17, 15) is 13.2 Å². The molecule has 1 heterocycles. The number of aromatic nitrogens is 2. The van der Waals surface area contributed by atoms with Crippen molar-refractivity contribution in [1.82, 2.24) is 14.7 Å². The number of rotatable bonds is 6. The summed E-state index contributed by atoms with van der Waals surface area (Å²) in [6, 6.07) is 3.88. The zero-order valence-corrected chi connectivity index (χ0v) is 12.0. The van der Waals surface area contributed by atoms with Gasteiger partial charge in [0.15, 0.2) is 0 Å². The highest BCUT2D eigenvalue weighted by Gasteiger charge is 2.18. The van der Waals surface area contributed by atoms with E-state index in [1.54, 1.807) is 6.20 Å². The molecule has 0 aliphatic carbocycles. The second-order valence-corrected chi connectivity index (χ2v) is 5.85. The summed E-state index contributed by atoms with van der Waals surface area (Å²) in [6.07, 6.45) is 3.10. The number of imidazole rings is 1. The molecule has 8 nitrogen and oxygen atoms in total. The van der Waals surface area contributed by atoms with Gasteiger partial charge < -0.3 is 15.5 Å². The van der Waals surface area contributed by atoms with Crippen molar-refractivity contribution >= 4 is 15.9 Å². The minimum atomic E-state index is -3.79. The maximum Gasteiger partial charge on any atom is 0.252 e. The summed E-state index contributed by atoms with van der Waals surface area (Å²) < 4.78 is 31.6. The van der Waals surface area contributed by atoms with Gasteiger partial charge in [0, 0.05) is 12.4 Å². The molecular weight excluding hydrogens is 296 g/mol. The number of sulfonamides is 1. The van der Waals surface area contributed by atoms with Gasteiger partial charge in [-0.05, 0) is 18.2 Å². The zero-order valence-electron chi connectivity index (χ0n) is 11.2. The van der Waals surface area contributed by atoms with Gasteiger partial charge >= 0.3 is 0 Å². The van der Waals surface area contributed by atoms with Crippen molar-refractivity contribution in [3.05, 3.63) is 42.0 Å². The molecule has 1 aromatic carbocycles. The topological polar surface area (TPSA) is 127 Å². The van der Waals surface area contributed by atoms with E-state index in [0.29, 0.717) is 5.82 Å². The Bertz CT molecular complexity index is 741. The number of carbonyl (C=O) groups excluding carboxylic acids is 1. The van der Waals surface area contributed by atoms with Gasteiger partial charge in [-0.2, -0.15) is 0 Å². The first-order valence-electron chi connectivity index (χ1n) is 5.90. The van der Waals surface area contributed by atoms with E-state index in [4.69, 9.17) is 10.5 Å².